The molecule has 0 unspecified atom stereocenters. The third kappa shape index (κ3) is 4.07. The third-order valence-corrected chi connectivity index (χ3v) is 4.10. The number of hydrogen-bond donors (Lipinski definition) is 1. The average molecular weight is 335 g/mol. The summed E-state index contributed by atoms with van der Waals surface area (Å²) in [7, 11) is 2.09. The molecule has 3 rings (SSSR count). The maximum absolute atomic E-state index is 12.3. The minimum absolute atomic E-state index is 0.0572. The smallest absolute Gasteiger partial charge is 0.238 e. The van der Waals surface area contributed by atoms with Crippen molar-refractivity contribution in [1.82, 2.24) is 24.6 Å². The van der Waals surface area contributed by atoms with Gasteiger partial charge >= 0.3 is 0 Å². The van der Waals surface area contributed by atoms with Crippen molar-refractivity contribution < 1.29 is 4.79 Å². The average Bonchev–Trinajstić information content (AvgIpc) is 3.04. The molecular formula is C15H19ClN6O. The number of aromatic nitrogens is 3. The lowest BCUT2D eigenvalue weighted by Gasteiger charge is -2.31. The second kappa shape index (κ2) is 7.08. The Morgan fingerprint density at radius 3 is 2.78 bits per heavy atom. The van der Waals surface area contributed by atoms with Crippen molar-refractivity contribution in [3.05, 3.63) is 35.9 Å². The number of halogens is 1. The Hall–Kier alpha value is -1.96. The van der Waals surface area contributed by atoms with Gasteiger partial charge in [0.05, 0.1) is 17.9 Å². The van der Waals surface area contributed by atoms with Gasteiger partial charge in [0.15, 0.2) is 0 Å². The minimum Gasteiger partial charge on any atom is -0.323 e. The molecule has 7 nitrogen and oxygen atoms in total. The van der Waals surface area contributed by atoms with E-state index in [0.29, 0.717) is 17.3 Å². The van der Waals surface area contributed by atoms with E-state index in [1.807, 2.05) is 6.07 Å². The number of nitrogens with zero attached hydrogens (tertiary/aromatic N) is 5. The minimum atomic E-state index is -0.0572. The van der Waals surface area contributed by atoms with Crippen LogP contribution >= 0.6 is 11.6 Å². The Balaban J connectivity index is 1.69. The van der Waals surface area contributed by atoms with E-state index in [-0.39, 0.29) is 5.91 Å². The lowest BCUT2D eigenvalue weighted by atomic mass is 10.2. The molecule has 8 heteroatoms. The number of hydrogen-bond acceptors (Lipinski definition) is 5. The normalized spacial score (nSPS) is 16.4. The number of likely N-dealkylation sites (N-methyl/N-ethyl adjacent to an activating group) is 1. The van der Waals surface area contributed by atoms with Crippen LogP contribution in [0.1, 0.15) is 0 Å². The number of carbonyl (C=O) groups excluding carboxylic acids is 1. The molecule has 1 fully saturated rings. The highest BCUT2D eigenvalue weighted by Gasteiger charge is 2.17. The van der Waals surface area contributed by atoms with Gasteiger partial charge in [-0.05, 0) is 25.2 Å². The van der Waals surface area contributed by atoms with Gasteiger partial charge in [-0.1, -0.05) is 11.6 Å². The van der Waals surface area contributed by atoms with E-state index in [0.717, 1.165) is 31.9 Å². The molecule has 2 heterocycles. The van der Waals surface area contributed by atoms with Crippen molar-refractivity contribution in [3.8, 4) is 5.69 Å². The van der Waals surface area contributed by atoms with E-state index in [1.165, 1.54) is 6.33 Å². The van der Waals surface area contributed by atoms with Crippen LogP contribution in [-0.2, 0) is 4.79 Å². The van der Waals surface area contributed by atoms with Gasteiger partial charge in [0.25, 0.3) is 0 Å². The summed E-state index contributed by atoms with van der Waals surface area (Å²) < 4.78 is 1.60. The highest BCUT2D eigenvalue weighted by Crippen LogP contribution is 2.23. The van der Waals surface area contributed by atoms with Gasteiger partial charge in [0, 0.05) is 31.2 Å². The number of rotatable bonds is 4. The monoisotopic (exact) mass is 334 g/mol. The van der Waals surface area contributed by atoms with E-state index in [1.54, 1.807) is 23.1 Å². The number of benzene rings is 1. The molecule has 0 saturated carbocycles. The van der Waals surface area contributed by atoms with Crippen LogP contribution in [0, 0.1) is 0 Å². The second-order valence-electron chi connectivity index (χ2n) is 5.63. The summed E-state index contributed by atoms with van der Waals surface area (Å²) in [4.78, 5) is 20.7. The van der Waals surface area contributed by atoms with E-state index < -0.39 is 0 Å². The third-order valence-electron chi connectivity index (χ3n) is 3.86. The molecule has 1 aromatic heterocycles. The van der Waals surface area contributed by atoms with Crippen molar-refractivity contribution in [3.63, 3.8) is 0 Å². The van der Waals surface area contributed by atoms with Gasteiger partial charge in [0.1, 0.15) is 12.7 Å². The summed E-state index contributed by atoms with van der Waals surface area (Å²) in [6, 6.07) is 5.29. The zero-order chi connectivity index (χ0) is 16.2. The quantitative estimate of drug-likeness (QED) is 0.907. The highest BCUT2D eigenvalue weighted by atomic mass is 35.5. The molecule has 1 aromatic carbocycles. The van der Waals surface area contributed by atoms with Crippen LogP contribution in [0.25, 0.3) is 5.69 Å². The van der Waals surface area contributed by atoms with Crippen molar-refractivity contribution in [1.29, 1.82) is 0 Å². The predicted molar refractivity (Wildman–Crippen MR) is 88.9 cm³/mol. The van der Waals surface area contributed by atoms with Gasteiger partial charge < -0.3 is 10.2 Å². The number of carbonyl (C=O) groups is 1. The molecule has 0 bridgehead atoms. The Labute approximate surface area is 139 Å². The molecular weight excluding hydrogens is 316 g/mol. The Kier molecular flexibility index (Phi) is 4.90. The zero-order valence-electron chi connectivity index (χ0n) is 12.9. The van der Waals surface area contributed by atoms with Crippen molar-refractivity contribution >= 4 is 23.2 Å². The Bertz CT molecular complexity index is 667. The van der Waals surface area contributed by atoms with Crippen LogP contribution in [0.3, 0.4) is 0 Å². The van der Waals surface area contributed by atoms with Gasteiger partial charge in [-0.25, -0.2) is 9.67 Å². The predicted octanol–water partition coefficient (Wildman–Crippen LogP) is 1.11. The molecule has 1 aliphatic rings. The number of nitrogens with one attached hydrogen (secondary N) is 1. The summed E-state index contributed by atoms with van der Waals surface area (Å²) in [5.74, 6) is -0.0572. The van der Waals surface area contributed by atoms with Crippen LogP contribution in [-0.4, -0.2) is 70.2 Å². The van der Waals surface area contributed by atoms with E-state index >= 15 is 0 Å². The summed E-state index contributed by atoms with van der Waals surface area (Å²) in [5, 5.41) is 7.59. The molecule has 1 amide bonds. The van der Waals surface area contributed by atoms with Crippen molar-refractivity contribution in [2.24, 2.45) is 0 Å². The first-order chi connectivity index (χ1) is 11.1. The summed E-state index contributed by atoms with van der Waals surface area (Å²) >= 11 is 6.06. The van der Waals surface area contributed by atoms with Gasteiger partial charge in [-0.15, -0.1) is 0 Å². The van der Waals surface area contributed by atoms with Gasteiger partial charge in [0.2, 0.25) is 5.91 Å². The molecule has 0 radical (unpaired) electrons. The largest absolute Gasteiger partial charge is 0.323 e. The summed E-state index contributed by atoms with van der Waals surface area (Å²) in [6.07, 6.45) is 3.03. The van der Waals surface area contributed by atoms with Crippen LogP contribution in [0.2, 0.25) is 5.02 Å². The molecule has 2 aromatic rings. The molecule has 0 aliphatic carbocycles. The van der Waals surface area contributed by atoms with E-state index in [4.69, 9.17) is 11.6 Å². The number of piperazine rings is 1. The van der Waals surface area contributed by atoms with E-state index in [2.05, 4.69) is 32.2 Å². The molecule has 1 N–H and O–H groups in total. The van der Waals surface area contributed by atoms with Crippen molar-refractivity contribution in [2.45, 2.75) is 0 Å². The highest BCUT2D eigenvalue weighted by molar-refractivity contribution is 6.31. The maximum Gasteiger partial charge on any atom is 0.238 e. The Morgan fingerprint density at radius 2 is 2.09 bits per heavy atom. The standard InChI is InChI=1S/C15H19ClN6O/c1-20-4-6-21(7-5-20)9-15(23)19-13-8-12(16)2-3-14(13)22-11-17-10-18-22/h2-3,8,10-11H,4-7,9H2,1H3,(H,19,23). The molecule has 1 aliphatic heterocycles. The number of anilines is 1. The molecule has 0 spiro atoms. The first-order valence-corrected chi connectivity index (χ1v) is 7.85. The van der Waals surface area contributed by atoms with Crippen LogP contribution in [0.15, 0.2) is 30.9 Å². The van der Waals surface area contributed by atoms with Crippen LogP contribution in [0.5, 0.6) is 0 Å². The maximum atomic E-state index is 12.3. The fraction of sp³-hybridized carbons (Fsp3) is 0.400. The van der Waals surface area contributed by atoms with E-state index in [9.17, 15) is 4.79 Å². The first kappa shape index (κ1) is 15.9. The Morgan fingerprint density at radius 1 is 1.30 bits per heavy atom. The molecule has 0 atom stereocenters. The second-order valence-corrected chi connectivity index (χ2v) is 6.07. The lowest BCUT2D eigenvalue weighted by Crippen LogP contribution is -2.47. The van der Waals surface area contributed by atoms with Crippen LogP contribution in [0.4, 0.5) is 5.69 Å². The topological polar surface area (TPSA) is 66.3 Å². The fourth-order valence-corrected chi connectivity index (χ4v) is 2.71. The van der Waals surface area contributed by atoms with Gasteiger partial charge in [-0.3, -0.25) is 9.69 Å². The zero-order valence-corrected chi connectivity index (χ0v) is 13.7. The summed E-state index contributed by atoms with van der Waals surface area (Å²) in [5.41, 5.74) is 1.36. The lowest BCUT2D eigenvalue weighted by molar-refractivity contribution is -0.117. The first-order valence-electron chi connectivity index (χ1n) is 7.47. The van der Waals surface area contributed by atoms with Gasteiger partial charge in [-0.2, -0.15) is 5.10 Å². The van der Waals surface area contributed by atoms with Crippen molar-refractivity contribution in [2.75, 3.05) is 45.1 Å². The molecule has 1 saturated heterocycles. The molecule has 122 valence electrons. The SMILES string of the molecule is CN1CCN(CC(=O)Nc2cc(Cl)ccc2-n2cncn2)CC1. The fourth-order valence-electron chi connectivity index (χ4n) is 2.54. The number of amides is 1. The summed E-state index contributed by atoms with van der Waals surface area (Å²) in [6.45, 7) is 4.13. The molecule has 23 heavy (non-hydrogen) atoms. The van der Waals surface area contributed by atoms with Crippen LogP contribution < -0.4 is 5.32 Å².